The van der Waals surface area contributed by atoms with Crippen LogP contribution >= 0.6 is 0 Å². The summed E-state index contributed by atoms with van der Waals surface area (Å²) < 4.78 is 62.5. The lowest BCUT2D eigenvalue weighted by Gasteiger charge is -2.23. The van der Waals surface area contributed by atoms with E-state index in [9.17, 15) is 21.2 Å². The van der Waals surface area contributed by atoms with Gasteiger partial charge in [-0.2, -0.15) is 4.31 Å². The van der Waals surface area contributed by atoms with E-state index in [1.54, 1.807) is 0 Å². The van der Waals surface area contributed by atoms with Crippen molar-refractivity contribution >= 4 is 25.5 Å². The average Bonchev–Trinajstić information content (AvgIpc) is 2.73. The van der Waals surface area contributed by atoms with Crippen LogP contribution in [0.25, 0.3) is 0 Å². The number of hydrogen-bond acceptors (Lipinski definition) is 5. The van der Waals surface area contributed by atoms with Gasteiger partial charge in [-0.3, -0.25) is 0 Å². The summed E-state index contributed by atoms with van der Waals surface area (Å²) in [5.41, 5.74) is 5.40. The van der Waals surface area contributed by atoms with E-state index in [4.69, 9.17) is 5.73 Å². The van der Waals surface area contributed by atoms with Crippen molar-refractivity contribution in [3.05, 3.63) is 23.5 Å². The molecule has 118 valence electrons. The molecule has 9 heteroatoms. The second kappa shape index (κ2) is 5.22. The molecule has 0 aliphatic carbocycles. The molecule has 2 rings (SSSR count). The highest BCUT2D eigenvalue weighted by Gasteiger charge is 2.37. The zero-order valence-electron chi connectivity index (χ0n) is 11.7. The number of halogens is 1. The maximum Gasteiger partial charge on any atom is 0.243 e. The van der Waals surface area contributed by atoms with Crippen LogP contribution in [0.3, 0.4) is 0 Å². The monoisotopic (exact) mass is 336 g/mol. The number of nitrogens with two attached hydrogens (primary N) is 1. The van der Waals surface area contributed by atoms with Crippen LogP contribution in [0.1, 0.15) is 12.0 Å². The van der Waals surface area contributed by atoms with Crippen LogP contribution in [0.4, 0.5) is 10.1 Å². The molecule has 1 heterocycles. The van der Waals surface area contributed by atoms with E-state index in [2.05, 4.69) is 0 Å². The van der Waals surface area contributed by atoms with Crippen molar-refractivity contribution in [2.45, 2.75) is 24.3 Å². The Morgan fingerprint density at radius 2 is 2.00 bits per heavy atom. The Labute approximate surface area is 123 Å². The molecule has 1 aromatic rings. The molecule has 1 fully saturated rings. The van der Waals surface area contributed by atoms with Gasteiger partial charge in [0.15, 0.2) is 9.84 Å². The zero-order valence-corrected chi connectivity index (χ0v) is 13.3. The number of sulfonamides is 1. The highest BCUT2D eigenvalue weighted by Crippen LogP contribution is 2.27. The Balaban J connectivity index is 2.41. The van der Waals surface area contributed by atoms with Gasteiger partial charge in [0.1, 0.15) is 5.82 Å². The van der Waals surface area contributed by atoms with Crippen LogP contribution in [0, 0.1) is 12.7 Å². The molecule has 0 saturated carbocycles. The summed E-state index contributed by atoms with van der Waals surface area (Å²) in [6.07, 6.45) is 0.258. The molecule has 21 heavy (non-hydrogen) atoms. The number of benzene rings is 1. The summed E-state index contributed by atoms with van der Waals surface area (Å²) in [4.78, 5) is -0.104. The van der Waals surface area contributed by atoms with E-state index >= 15 is 0 Å². The first kappa shape index (κ1) is 16.2. The topological polar surface area (TPSA) is 97.5 Å². The summed E-state index contributed by atoms with van der Waals surface area (Å²) >= 11 is 0. The van der Waals surface area contributed by atoms with Gasteiger partial charge < -0.3 is 5.73 Å². The molecule has 0 aromatic heterocycles. The summed E-state index contributed by atoms with van der Waals surface area (Å²) in [5.74, 6) is -0.905. The van der Waals surface area contributed by atoms with Crippen LogP contribution in [0.15, 0.2) is 17.0 Å². The van der Waals surface area contributed by atoms with Crippen molar-refractivity contribution in [3.63, 3.8) is 0 Å². The molecule has 0 bridgehead atoms. The van der Waals surface area contributed by atoms with E-state index < -0.39 is 31.7 Å². The van der Waals surface area contributed by atoms with Gasteiger partial charge in [-0.15, -0.1) is 0 Å². The number of nitrogens with zero attached hydrogens (tertiary/aromatic N) is 1. The van der Waals surface area contributed by atoms with Gasteiger partial charge in [-0.05, 0) is 31.0 Å². The SMILES string of the molecule is Cc1cc(F)c(N)cc1S(=O)(=O)N(C)C1CCS(=O)(=O)C1. The minimum atomic E-state index is -3.92. The normalized spacial score (nSPS) is 21.8. The molecule has 0 spiro atoms. The Kier molecular flexibility index (Phi) is 4.02. The summed E-state index contributed by atoms with van der Waals surface area (Å²) in [7, 11) is -5.79. The molecule has 1 unspecified atom stereocenters. The van der Waals surface area contributed by atoms with Crippen LogP contribution in [-0.2, 0) is 19.9 Å². The van der Waals surface area contributed by atoms with Crippen LogP contribution in [0.5, 0.6) is 0 Å². The lowest BCUT2D eigenvalue weighted by molar-refractivity contribution is 0.393. The minimum Gasteiger partial charge on any atom is -0.396 e. The molecule has 6 nitrogen and oxygen atoms in total. The maximum absolute atomic E-state index is 13.3. The van der Waals surface area contributed by atoms with Crippen molar-refractivity contribution in [3.8, 4) is 0 Å². The molecule has 1 aliphatic rings. The summed E-state index contributed by atoms with van der Waals surface area (Å²) in [5, 5.41) is 0. The number of anilines is 1. The average molecular weight is 336 g/mol. The van der Waals surface area contributed by atoms with Crippen LogP contribution < -0.4 is 5.73 Å². The fraction of sp³-hybridized carbons (Fsp3) is 0.500. The number of nitrogen functional groups attached to an aromatic ring is 1. The van der Waals surface area contributed by atoms with Gasteiger partial charge in [0.05, 0.1) is 22.1 Å². The molecule has 0 amide bonds. The Morgan fingerprint density at radius 1 is 1.38 bits per heavy atom. The van der Waals surface area contributed by atoms with E-state index in [0.717, 1.165) is 16.4 Å². The van der Waals surface area contributed by atoms with E-state index in [1.165, 1.54) is 14.0 Å². The highest BCUT2D eigenvalue weighted by atomic mass is 32.2. The number of aryl methyl sites for hydroxylation is 1. The molecule has 2 N–H and O–H groups in total. The fourth-order valence-electron chi connectivity index (χ4n) is 2.36. The number of rotatable bonds is 3. The lowest BCUT2D eigenvalue weighted by Crippen LogP contribution is -2.38. The van der Waals surface area contributed by atoms with Crippen molar-refractivity contribution in [1.82, 2.24) is 4.31 Å². The third-order valence-electron chi connectivity index (χ3n) is 3.67. The number of sulfone groups is 1. The fourth-order valence-corrected chi connectivity index (χ4v) is 5.85. The van der Waals surface area contributed by atoms with Crippen LogP contribution in [0.2, 0.25) is 0 Å². The predicted octanol–water partition coefficient (Wildman–Crippen LogP) is 0.524. The minimum absolute atomic E-state index is 0.0257. The molecule has 0 radical (unpaired) electrons. The van der Waals surface area contributed by atoms with E-state index in [-0.39, 0.29) is 34.1 Å². The Morgan fingerprint density at radius 3 is 2.52 bits per heavy atom. The maximum atomic E-state index is 13.3. The third-order valence-corrected chi connectivity index (χ3v) is 7.48. The van der Waals surface area contributed by atoms with Gasteiger partial charge in [0, 0.05) is 13.1 Å². The summed E-state index contributed by atoms with van der Waals surface area (Å²) in [6, 6.07) is 1.52. The quantitative estimate of drug-likeness (QED) is 0.812. The first-order valence-electron chi connectivity index (χ1n) is 6.28. The second-order valence-electron chi connectivity index (χ2n) is 5.22. The molecule has 1 aliphatic heterocycles. The number of hydrogen-bond donors (Lipinski definition) is 1. The molecular formula is C12H17FN2O4S2. The Bertz CT molecular complexity index is 775. The predicted molar refractivity (Wildman–Crippen MR) is 77.6 cm³/mol. The van der Waals surface area contributed by atoms with E-state index in [0.29, 0.717) is 0 Å². The highest BCUT2D eigenvalue weighted by molar-refractivity contribution is 7.92. The van der Waals surface area contributed by atoms with Gasteiger partial charge in [0.25, 0.3) is 0 Å². The first-order valence-corrected chi connectivity index (χ1v) is 9.55. The standard InChI is InChI=1S/C12H17FN2O4S2/c1-8-5-10(13)11(14)6-12(8)21(18,19)15(2)9-3-4-20(16,17)7-9/h5-6,9H,3-4,7,14H2,1-2H3. The Hall–Kier alpha value is -1.19. The van der Waals surface area contributed by atoms with Gasteiger partial charge in [-0.1, -0.05) is 0 Å². The summed E-state index contributed by atoms with van der Waals surface area (Å²) in [6.45, 7) is 1.47. The lowest BCUT2D eigenvalue weighted by atomic mass is 10.2. The second-order valence-corrected chi connectivity index (χ2v) is 9.41. The molecule has 1 atom stereocenters. The third kappa shape index (κ3) is 3.04. The van der Waals surface area contributed by atoms with E-state index in [1.807, 2.05) is 0 Å². The first-order chi connectivity index (χ1) is 9.54. The van der Waals surface area contributed by atoms with Crippen molar-refractivity contribution < 1.29 is 21.2 Å². The van der Waals surface area contributed by atoms with Gasteiger partial charge in [0.2, 0.25) is 10.0 Å². The molecule has 1 aromatic carbocycles. The van der Waals surface area contributed by atoms with Crippen molar-refractivity contribution in [2.75, 3.05) is 24.3 Å². The zero-order chi connectivity index (χ0) is 16.0. The van der Waals surface area contributed by atoms with Crippen molar-refractivity contribution in [2.24, 2.45) is 0 Å². The largest absolute Gasteiger partial charge is 0.396 e. The van der Waals surface area contributed by atoms with Gasteiger partial charge in [-0.25, -0.2) is 21.2 Å². The van der Waals surface area contributed by atoms with Crippen LogP contribution in [-0.4, -0.2) is 45.7 Å². The molecular weight excluding hydrogens is 319 g/mol. The molecule has 1 saturated heterocycles. The van der Waals surface area contributed by atoms with Gasteiger partial charge >= 0.3 is 0 Å². The van der Waals surface area contributed by atoms with Crippen molar-refractivity contribution in [1.29, 1.82) is 0 Å². The smallest absolute Gasteiger partial charge is 0.243 e.